The number of hydrogen-bond donors (Lipinski definition) is 2. The molecule has 3 heterocycles. The molecule has 1 fully saturated rings. The Morgan fingerprint density at radius 1 is 1.19 bits per heavy atom. The van der Waals surface area contributed by atoms with E-state index in [0.717, 1.165) is 0 Å². The lowest BCUT2D eigenvalue weighted by Gasteiger charge is -2.35. The number of hydrogen-bond acceptors (Lipinski definition) is 4. The number of amides is 3. The molecule has 12 heteroatoms. The molecule has 1 aromatic heterocycles. The molecule has 1 aromatic carbocycles. The highest BCUT2D eigenvalue weighted by Crippen LogP contribution is 2.32. The highest BCUT2D eigenvalue weighted by molar-refractivity contribution is 5.99. The Hall–Kier alpha value is -3.57. The maximum Gasteiger partial charge on any atom is 0.322 e. The second-order valence-corrected chi connectivity index (χ2v) is 7.56. The van der Waals surface area contributed by atoms with Crippen molar-refractivity contribution in [2.75, 3.05) is 16.8 Å². The topological polar surface area (TPSA) is 108 Å². The quantitative estimate of drug-likeness (QED) is 0.716. The average molecular weight is 437 g/mol. The summed E-state index contributed by atoms with van der Waals surface area (Å²) >= 11 is 0. The molecule has 0 saturated carbocycles. The van der Waals surface area contributed by atoms with Gasteiger partial charge in [0.1, 0.15) is 0 Å². The minimum absolute atomic E-state index is 0.00272. The van der Waals surface area contributed by atoms with Crippen LogP contribution in [0.15, 0.2) is 18.3 Å². The van der Waals surface area contributed by atoms with Crippen LogP contribution in [-0.4, -0.2) is 50.3 Å². The van der Waals surface area contributed by atoms with Crippen LogP contribution in [0, 0.1) is 23.4 Å². The summed E-state index contributed by atoms with van der Waals surface area (Å²) in [6, 6.07) is 0.328. The Morgan fingerprint density at radius 2 is 1.87 bits per heavy atom. The van der Waals surface area contributed by atoms with E-state index in [0.29, 0.717) is 30.1 Å². The van der Waals surface area contributed by atoms with Crippen LogP contribution in [0.1, 0.15) is 19.0 Å². The molecule has 0 radical (unpaired) electrons. The van der Waals surface area contributed by atoms with Gasteiger partial charge in [0, 0.05) is 30.8 Å². The van der Waals surface area contributed by atoms with E-state index in [1.54, 1.807) is 11.6 Å². The molecule has 1 saturated heterocycles. The van der Waals surface area contributed by atoms with E-state index in [-0.39, 0.29) is 37.1 Å². The lowest BCUT2D eigenvalue weighted by atomic mass is 10.1. The van der Waals surface area contributed by atoms with Crippen LogP contribution < -0.4 is 10.2 Å². The first-order valence-electron chi connectivity index (χ1n) is 9.45. The average Bonchev–Trinajstić information content (AvgIpc) is 3.28. The number of nitrogens with zero attached hydrogens (tertiary/aromatic N) is 4. The predicted molar refractivity (Wildman–Crippen MR) is 101 cm³/mol. The summed E-state index contributed by atoms with van der Waals surface area (Å²) in [5, 5.41) is 15.8. The number of aliphatic carboxylic acids is 1. The van der Waals surface area contributed by atoms with Crippen molar-refractivity contribution in [3.05, 3.63) is 41.5 Å². The van der Waals surface area contributed by atoms with E-state index < -0.39 is 35.4 Å². The molecule has 31 heavy (non-hydrogen) atoms. The molecule has 0 bridgehead atoms. The number of nitrogens with one attached hydrogen (secondary N) is 1. The number of halogens is 3. The summed E-state index contributed by atoms with van der Waals surface area (Å²) in [4.78, 5) is 39.0. The molecule has 9 nitrogen and oxygen atoms in total. The third kappa shape index (κ3) is 3.68. The summed E-state index contributed by atoms with van der Waals surface area (Å²) in [5.41, 5.74) is 0.702. The number of carboxylic acid groups (broad SMARTS) is 1. The van der Waals surface area contributed by atoms with Crippen molar-refractivity contribution in [3.63, 3.8) is 0 Å². The Morgan fingerprint density at radius 3 is 2.48 bits per heavy atom. The largest absolute Gasteiger partial charge is 0.481 e. The van der Waals surface area contributed by atoms with Crippen LogP contribution in [0.3, 0.4) is 0 Å². The summed E-state index contributed by atoms with van der Waals surface area (Å²) in [5.74, 6) is -6.73. The van der Waals surface area contributed by atoms with E-state index in [9.17, 15) is 32.7 Å². The maximum atomic E-state index is 13.4. The van der Waals surface area contributed by atoms with Crippen molar-refractivity contribution < 1.29 is 32.7 Å². The van der Waals surface area contributed by atoms with Gasteiger partial charge in [-0.15, -0.1) is 0 Å². The van der Waals surface area contributed by atoms with Gasteiger partial charge in [-0.1, -0.05) is 0 Å². The van der Waals surface area contributed by atoms with E-state index in [2.05, 4.69) is 10.4 Å². The first-order chi connectivity index (χ1) is 14.7. The molecule has 2 atom stereocenters. The smallest absolute Gasteiger partial charge is 0.322 e. The number of aromatic nitrogens is 2. The van der Waals surface area contributed by atoms with Crippen molar-refractivity contribution in [1.82, 2.24) is 14.7 Å². The Bertz CT molecular complexity index is 1070. The van der Waals surface area contributed by atoms with Gasteiger partial charge in [0.25, 0.3) is 0 Å². The zero-order valence-corrected chi connectivity index (χ0v) is 16.3. The summed E-state index contributed by atoms with van der Waals surface area (Å²) < 4.78 is 41.7. The number of benzene rings is 1. The van der Waals surface area contributed by atoms with Crippen LogP contribution in [0.5, 0.6) is 0 Å². The molecule has 2 N–H and O–H groups in total. The lowest BCUT2D eigenvalue weighted by Crippen LogP contribution is -2.47. The van der Waals surface area contributed by atoms with Gasteiger partial charge in [0.05, 0.1) is 42.6 Å². The van der Waals surface area contributed by atoms with Gasteiger partial charge in [0.2, 0.25) is 5.91 Å². The second-order valence-electron chi connectivity index (χ2n) is 7.56. The fraction of sp³-hybridized carbons (Fsp3) is 0.368. The fourth-order valence-electron chi connectivity index (χ4n) is 3.81. The fourth-order valence-corrected chi connectivity index (χ4v) is 3.81. The first kappa shape index (κ1) is 20.7. The number of fused-ring (bicyclic) bond motifs is 1. The molecule has 0 spiro atoms. The second kappa shape index (κ2) is 7.60. The van der Waals surface area contributed by atoms with Crippen LogP contribution >= 0.6 is 0 Å². The summed E-state index contributed by atoms with van der Waals surface area (Å²) in [7, 11) is 0. The standard InChI is InChI=1S/C19H18F3N5O4/c1-9-6-27-15(14(5-23-27)26-7-10(18(29)30)2-16(26)28)8-25(9)19(31)24-11-3-12(20)17(22)13(21)4-11/h3-5,9-10H,2,6-8H2,1H3,(H,24,31)(H,29,30). The van der Waals surface area contributed by atoms with E-state index >= 15 is 0 Å². The zero-order valence-electron chi connectivity index (χ0n) is 16.3. The first-order valence-corrected chi connectivity index (χ1v) is 9.45. The predicted octanol–water partition coefficient (Wildman–Crippen LogP) is 2.17. The molecule has 2 unspecified atom stereocenters. The van der Waals surface area contributed by atoms with Crippen molar-refractivity contribution in [1.29, 1.82) is 0 Å². The third-order valence-electron chi connectivity index (χ3n) is 5.48. The zero-order chi connectivity index (χ0) is 22.4. The number of urea groups is 1. The third-order valence-corrected chi connectivity index (χ3v) is 5.48. The molecular weight excluding hydrogens is 419 g/mol. The summed E-state index contributed by atoms with van der Waals surface area (Å²) in [6.07, 6.45) is 1.33. The van der Waals surface area contributed by atoms with Crippen molar-refractivity contribution >= 4 is 29.3 Å². The minimum atomic E-state index is -1.63. The molecule has 0 aliphatic carbocycles. The van der Waals surface area contributed by atoms with Gasteiger partial charge < -0.3 is 20.2 Å². The van der Waals surface area contributed by atoms with Crippen LogP contribution in [0.4, 0.5) is 29.3 Å². The molecule has 164 valence electrons. The van der Waals surface area contributed by atoms with Crippen molar-refractivity contribution in [3.8, 4) is 0 Å². The number of anilines is 2. The van der Waals surface area contributed by atoms with Gasteiger partial charge in [-0.25, -0.2) is 18.0 Å². The number of carbonyl (C=O) groups excluding carboxylic acids is 2. The molecule has 2 aliphatic heterocycles. The van der Waals surface area contributed by atoms with Crippen molar-refractivity contribution in [2.45, 2.75) is 32.5 Å². The van der Waals surface area contributed by atoms with Gasteiger partial charge in [-0.05, 0) is 6.92 Å². The van der Waals surface area contributed by atoms with Gasteiger partial charge >= 0.3 is 12.0 Å². The van der Waals surface area contributed by atoms with Crippen LogP contribution in [-0.2, 0) is 22.7 Å². The van der Waals surface area contributed by atoms with Crippen LogP contribution in [0.25, 0.3) is 0 Å². The Labute approximate surface area is 174 Å². The number of carboxylic acids is 1. The monoisotopic (exact) mass is 437 g/mol. The van der Waals surface area contributed by atoms with E-state index in [1.807, 2.05) is 0 Å². The normalized spacial score (nSPS) is 20.7. The van der Waals surface area contributed by atoms with Gasteiger partial charge in [-0.2, -0.15) is 5.10 Å². The van der Waals surface area contributed by atoms with Crippen molar-refractivity contribution in [2.24, 2.45) is 5.92 Å². The number of carbonyl (C=O) groups is 3. The Balaban J connectivity index is 1.55. The van der Waals surface area contributed by atoms with E-state index in [4.69, 9.17) is 0 Å². The Kier molecular flexibility index (Phi) is 5.07. The van der Waals surface area contributed by atoms with Gasteiger partial charge in [0.15, 0.2) is 17.5 Å². The molecule has 3 amide bonds. The van der Waals surface area contributed by atoms with E-state index in [1.165, 1.54) is 16.0 Å². The minimum Gasteiger partial charge on any atom is -0.481 e. The highest BCUT2D eigenvalue weighted by Gasteiger charge is 2.39. The summed E-state index contributed by atoms with van der Waals surface area (Å²) in [6.45, 7) is 2.06. The highest BCUT2D eigenvalue weighted by atomic mass is 19.2. The molecule has 2 aliphatic rings. The van der Waals surface area contributed by atoms with Gasteiger partial charge in [-0.3, -0.25) is 14.3 Å². The SMILES string of the molecule is CC1Cn2ncc(N3CC(C(=O)O)CC3=O)c2CN1C(=O)Nc1cc(F)c(F)c(F)c1. The molecular formula is C19H18F3N5O4. The lowest BCUT2D eigenvalue weighted by molar-refractivity contribution is -0.141. The molecule has 4 rings (SSSR count). The molecule has 2 aromatic rings. The van der Waals surface area contributed by atoms with Crippen LogP contribution in [0.2, 0.25) is 0 Å². The number of rotatable bonds is 3. The maximum absolute atomic E-state index is 13.4.